The Hall–Kier alpha value is -2.61. The van der Waals surface area contributed by atoms with Gasteiger partial charge in [0.05, 0.1) is 17.2 Å². The standard InChI is InChI=1S/C17H12N2/c1-2-5-12(6-3-1)13-7-4-8-15-14-9-10-18-11-16(14)19-17(13)15/h1-11,19H. The van der Waals surface area contributed by atoms with E-state index in [1.54, 1.807) is 0 Å². The molecule has 0 saturated heterocycles. The molecule has 0 aliphatic heterocycles. The van der Waals surface area contributed by atoms with Crippen LogP contribution in [0, 0.1) is 0 Å². The van der Waals surface area contributed by atoms with E-state index in [9.17, 15) is 0 Å². The van der Waals surface area contributed by atoms with Gasteiger partial charge in [-0.25, -0.2) is 0 Å². The van der Waals surface area contributed by atoms with Crippen LogP contribution in [-0.4, -0.2) is 9.97 Å². The molecule has 0 saturated carbocycles. The number of rotatable bonds is 1. The van der Waals surface area contributed by atoms with Crippen molar-refractivity contribution in [3.8, 4) is 11.1 Å². The van der Waals surface area contributed by atoms with Crippen molar-refractivity contribution in [3.05, 3.63) is 67.0 Å². The Morgan fingerprint density at radius 3 is 2.58 bits per heavy atom. The summed E-state index contributed by atoms with van der Waals surface area (Å²) < 4.78 is 0. The van der Waals surface area contributed by atoms with E-state index in [4.69, 9.17) is 0 Å². The van der Waals surface area contributed by atoms with Crippen LogP contribution in [0.15, 0.2) is 67.0 Å². The van der Waals surface area contributed by atoms with Crippen LogP contribution in [0.2, 0.25) is 0 Å². The third kappa shape index (κ3) is 1.54. The van der Waals surface area contributed by atoms with E-state index in [1.807, 2.05) is 18.5 Å². The largest absolute Gasteiger partial charge is 0.353 e. The van der Waals surface area contributed by atoms with Gasteiger partial charge in [-0.3, -0.25) is 4.98 Å². The molecule has 0 aliphatic carbocycles. The van der Waals surface area contributed by atoms with Gasteiger partial charge in [-0.1, -0.05) is 48.5 Å². The predicted molar refractivity (Wildman–Crippen MR) is 79.0 cm³/mol. The van der Waals surface area contributed by atoms with Crippen molar-refractivity contribution in [2.75, 3.05) is 0 Å². The Bertz CT molecular complexity index is 860. The lowest BCUT2D eigenvalue weighted by atomic mass is 10.0. The van der Waals surface area contributed by atoms with E-state index in [2.05, 4.69) is 58.5 Å². The molecule has 0 amide bonds. The lowest BCUT2D eigenvalue weighted by Crippen LogP contribution is -1.79. The molecule has 0 fully saturated rings. The zero-order chi connectivity index (χ0) is 12.7. The van der Waals surface area contributed by atoms with Gasteiger partial charge in [-0.2, -0.15) is 0 Å². The zero-order valence-electron chi connectivity index (χ0n) is 10.3. The number of H-pyrrole nitrogens is 1. The highest BCUT2D eigenvalue weighted by atomic mass is 14.7. The van der Waals surface area contributed by atoms with Crippen LogP contribution in [-0.2, 0) is 0 Å². The molecular formula is C17H12N2. The second kappa shape index (κ2) is 3.95. The smallest absolute Gasteiger partial charge is 0.0651 e. The molecule has 0 bridgehead atoms. The van der Waals surface area contributed by atoms with Gasteiger partial charge in [0, 0.05) is 22.5 Å². The van der Waals surface area contributed by atoms with Crippen LogP contribution >= 0.6 is 0 Å². The first kappa shape index (κ1) is 10.3. The molecule has 0 unspecified atom stereocenters. The van der Waals surface area contributed by atoms with Crippen LogP contribution in [0.4, 0.5) is 0 Å². The van der Waals surface area contributed by atoms with E-state index in [1.165, 1.54) is 27.4 Å². The number of fused-ring (bicyclic) bond motifs is 3. The monoisotopic (exact) mass is 244 g/mol. The van der Waals surface area contributed by atoms with Crippen LogP contribution < -0.4 is 0 Å². The Morgan fingerprint density at radius 1 is 0.789 bits per heavy atom. The Balaban J connectivity index is 2.13. The highest BCUT2D eigenvalue weighted by Crippen LogP contribution is 2.32. The topological polar surface area (TPSA) is 28.7 Å². The van der Waals surface area contributed by atoms with Crippen LogP contribution in [0.5, 0.6) is 0 Å². The average Bonchev–Trinajstić information content (AvgIpc) is 2.87. The first-order chi connectivity index (χ1) is 9.43. The maximum atomic E-state index is 4.18. The summed E-state index contributed by atoms with van der Waals surface area (Å²) in [5, 5.41) is 2.47. The molecule has 0 spiro atoms. The zero-order valence-corrected chi connectivity index (χ0v) is 10.3. The van der Waals surface area contributed by atoms with Gasteiger partial charge < -0.3 is 4.98 Å². The molecule has 90 valence electrons. The number of benzene rings is 2. The summed E-state index contributed by atoms with van der Waals surface area (Å²) in [6.45, 7) is 0. The fourth-order valence-electron chi connectivity index (χ4n) is 2.63. The SMILES string of the molecule is c1ccc(-c2cccc3c2[nH]c2cnccc23)cc1. The highest BCUT2D eigenvalue weighted by molar-refractivity contribution is 6.11. The molecular weight excluding hydrogens is 232 g/mol. The molecule has 2 aromatic carbocycles. The van der Waals surface area contributed by atoms with Crippen molar-refractivity contribution in [1.82, 2.24) is 9.97 Å². The normalized spacial score (nSPS) is 11.2. The maximum Gasteiger partial charge on any atom is 0.0651 e. The van der Waals surface area contributed by atoms with Gasteiger partial charge in [0.2, 0.25) is 0 Å². The van der Waals surface area contributed by atoms with Crippen molar-refractivity contribution in [2.24, 2.45) is 0 Å². The minimum Gasteiger partial charge on any atom is -0.353 e. The second-order valence-corrected chi connectivity index (χ2v) is 4.64. The number of hydrogen-bond acceptors (Lipinski definition) is 1. The summed E-state index contributed by atoms with van der Waals surface area (Å²) in [5.41, 5.74) is 4.72. The Kier molecular flexibility index (Phi) is 2.15. The van der Waals surface area contributed by atoms with Crippen molar-refractivity contribution in [2.45, 2.75) is 0 Å². The molecule has 4 rings (SSSR count). The van der Waals surface area contributed by atoms with E-state index in [0.717, 1.165) is 5.52 Å². The average molecular weight is 244 g/mol. The summed E-state index contributed by atoms with van der Waals surface area (Å²) in [4.78, 5) is 7.66. The molecule has 19 heavy (non-hydrogen) atoms. The van der Waals surface area contributed by atoms with Crippen molar-refractivity contribution >= 4 is 21.8 Å². The van der Waals surface area contributed by atoms with Gasteiger partial charge >= 0.3 is 0 Å². The molecule has 2 aromatic heterocycles. The van der Waals surface area contributed by atoms with E-state index in [0.29, 0.717) is 0 Å². The quantitative estimate of drug-likeness (QED) is 0.528. The van der Waals surface area contributed by atoms with Gasteiger partial charge in [0.25, 0.3) is 0 Å². The van der Waals surface area contributed by atoms with Crippen LogP contribution in [0.1, 0.15) is 0 Å². The summed E-state index contributed by atoms with van der Waals surface area (Å²) in [6, 6.07) is 18.9. The summed E-state index contributed by atoms with van der Waals surface area (Å²) in [5.74, 6) is 0. The number of aromatic nitrogens is 2. The molecule has 2 heteroatoms. The molecule has 0 atom stereocenters. The lowest BCUT2D eigenvalue weighted by Gasteiger charge is -2.03. The summed E-state index contributed by atoms with van der Waals surface area (Å²) >= 11 is 0. The number of nitrogens with zero attached hydrogens (tertiary/aromatic N) is 1. The van der Waals surface area contributed by atoms with Gasteiger partial charge in [0.15, 0.2) is 0 Å². The molecule has 0 aliphatic rings. The number of nitrogens with one attached hydrogen (secondary N) is 1. The van der Waals surface area contributed by atoms with Crippen LogP contribution in [0.3, 0.4) is 0 Å². The van der Waals surface area contributed by atoms with Crippen molar-refractivity contribution in [3.63, 3.8) is 0 Å². The van der Waals surface area contributed by atoms with Crippen LogP contribution in [0.25, 0.3) is 32.9 Å². The highest BCUT2D eigenvalue weighted by Gasteiger charge is 2.08. The molecule has 2 nitrogen and oxygen atoms in total. The summed E-state index contributed by atoms with van der Waals surface area (Å²) in [6.07, 6.45) is 3.72. The summed E-state index contributed by atoms with van der Waals surface area (Å²) in [7, 11) is 0. The molecule has 2 heterocycles. The maximum absolute atomic E-state index is 4.18. The second-order valence-electron chi connectivity index (χ2n) is 4.64. The molecule has 1 N–H and O–H groups in total. The van der Waals surface area contributed by atoms with Crippen molar-refractivity contribution in [1.29, 1.82) is 0 Å². The third-order valence-corrected chi connectivity index (χ3v) is 3.52. The van der Waals surface area contributed by atoms with E-state index < -0.39 is 0 Å². The Labute approximate surface area is 110 Å². The fourth-order valence-corrected chi connectivity index (χ4v) is 2.63. The number of pyridine rings is 1. The third-order valence-electron chi connectivity index (χ3n) is 3.52. The van der Waals surface area contributed by atoms with Gasteiger partial charge in [-0.15, -0.1) is 0 Å². The van der Waals surface area contributed by atoms with Crippen molar-refractivity contribution < 1.29 is 0 Å². The van der Waals surface area contributed by atoms with E-state index >= 15 is 0 Å². The minimum atomic E-state index is 1.08. The van der Waals surface area contributed by atoms with Gasteiger partial charge in [0.1, 0.15) is 0 Å². The van der Waals surface area contributed by atoms with Gasteiger partial charge in [-0.05, 0) is 11.6 Å². The minimum absolute atomic E-state index is 1.08. The number of para-hydroxylation sites is 1. The Morgan fingerprint density at radius 2 is 1.68 bits per heavy atom. The lowest BCUT2D eigenvalue weighted by molar-refractivity contribution is 1.35. The number of aromatic amines is 1. The molecule has 0 radical (unpaired) electrons. The molecule has 4 aromatic rings. The fraction of sp³-hybridized carbons (Fsp3) is 0. The first-order valence-corrected chi connectivity index (χ1v) is 6.33. The predicted octanol–water partition coefficient (Wildman–Crippen LogP) is 4.38. The van der Waals surface area contributed by atoms with E-state index in [-0.39, 0.29) is 0 Å². The first-order valence-electron chi connectivity index (χ1n) is 6.33. The number of hydrogen-bond donors (Lipinski definition) is 1.